The van der Waals surface area contributed by atoms with Gasteiger partial charge in [0.05, 0.1) is 17.1 Å². The third-order valence-electron chi connectivity index (χ3n) is 3.26. The number of carbonyl (C=O) groups excluding carboxylic acids is 1. The fourth-order valence-corrected chi connectivity index (χ4v) is 3.10. The van der Waals surface area contributed by atoms with E-state index in [1.165, 1.54) is 11.3 Å². The van der Waals surface area contributed by atoms with Crippen molar-refractivity contribution in [1.82, 2.24) is 9.88 Å². The standard InChI is InChI=1S/C16H19ClN2OS/c1-3-4-9-19(2)15(20)10-12-11-21-16(18-12)13-7-5-6-8-14(13)17/h5-8,11H,3-4,9-10H2,1-2H3. The van der Waals surface area contributed by atoms with E-state index in [9.17, 15) is 4.79 Å². The van der Waals surface area contributed by atoms with Gasteiger partial charge >= 0.3 is 0 Å². The number of unbranched alkanes of at least 4 members (excludes halogenated alkanes) is 1. The molecule has 0 bridgehead atoms. The molecule has 0 saturated carbocycles. The number of thiazole rings is 1. The minimum absolute atomic E-state index is 0.111. The van der Waals surface area contributed by atoms with Crippen LogP contribution >= 0.6 is 22.9 Å². The van der Waals surface area contributed by atoms with Crippen molar-refractivity contribution in [2.24, 2.45) is 0 Å². The van der Waals surface area contributed by atoms with Crippen LogP contribution in [0.4, 0.5) is 0 Å². The highest BCUT2D eigenvalue weighted by Gasteiger charge is 2.13. The quantitative estimate of drug-likeness (QED) is 0.796. The number of likely N-dealkylation sites (N-methyl/N-ethyl adjacent to an activating group) is 1. The Balaban J connectivity index is 2.04. The lowest BCUT2D eigenvalue weighted by atomic mass is 10.2. The largest absolute Gasteiger partial charge is 0.345 e. The first-order valence-electron chi connectivity index (χ1n) is 7.05. The van der Waals surface area contributed by atoms with Crippen LogP contribution in [0.25, 0.3) is 10.6 Å². The number of halogens is 1. The van der Waals surface area contributed by atoms with E-state index >= 15 is 0 Å². The Morgan fingerprint density at radius 3 is 2.86 bits per heavy atom. The van der Waals surface area contributed by atoms with E-state index in [0.29, 0.717) is 11.4 Å². The van der Waals surface area contributed by atoms with E-state index in [2.05, 4.69) is 11.9 Å². The zero-order valence-corrected chi connectivity index (χ0v) is 13.9. The molecule has 1 heterocycles. The van der Waals surface area contributed by atoms with Gasteiger partial charge in [0.2, 0.25) is 5.91 Å². The Bertz CT molecular complexity index is 612. The SMILES string of the molecule is CCCCN(C)C(=O)Cc1csc(-c2ccccc2Cl)n1. The third kappa shape index (κ3) is 4.29. The first-order valence-corrected chi connectivity index (χ1v) is 8.31. The van der Waals surface area contributed by atoms with Gasteiger partial charge in [-0.25, -0.2) is 4.98 Å². The van der Waals surface area contributed by atoms with Crippen LogP contribution in [0, 0.1) is 0 Å². The maximum Gasteiger partial charge on any atom is 0.228 e. The molecule has 0 aliphatic heterocycles. The van der Waals surface area contributed by atoms with Gasteiger partial charge in [0.15, 0.2) is 0 Å². The van der Waals surface area contributed by atoms with Gasteiger partial charge in [0, 0.05) is 24.5 Å². The number of hydrogen-bond donors (Lipinski definition) is 0. The molecule has 1 aromatic carbocycles. The van der Waals surface area contributed by atoms with Crippen LogP contribution in [-0.2, 0) is 11.2 Å². The molecule has 0 spiro atoms. The number of carbonyl (C=O) groups is 1. The molecule has 0 saturated heterocycles. The van der Waals surface area contributed by atoms with Crippen LogP contribution in [0.2, 0.25) is 5.02 Å². The smallest absolute Gasteiger partial charge is 0.228 e. The van der Waals surface area contributed by atoms with E-state index in [1.54, 1.807) is 4.90 Å². The molecule has 0 fully saturated rings. The van der Waals surface area contributed by atoms with E-state index < -0.39 is 0 Å². The Labute approximate surface area is 134 Å². The van der Waals surface area contributed by atoms with Gasteiger partial charge in [-0.2, -0.15) is 0 Å². The second-order valence-corrected chi connectivity index (χ2v) is 6.23. The molecule has 21 heavy (non-hydrogen) atoms. The van der Waals surface area contributed by atoms with Crippen LogP contribution < -0.4 is 0 Å². The summed E-state index contributed by atoms with van der Waals surface area (Å²) in [6.45, 7) is 2.92. The minimum atomic E-state index is 0.111. The summed E-state index contributed by atoms with van der Waals surface area (Å²) >= 11 is 7.69. The van der Waals surface area contributed by atoms with Gasteiger partial charge < -0.3 is 4.90 Å². The number of aromatic nitrogens is 1. The van der Waals surface area contributed by atoms with Crippen molar-refractivity contribution in [1.29, 1.82) is 0 Å². The van der Waals surface area contributed by atoms with Crippen molar-refractivity contribution in [3.8, 4) is 10.6 Å². The first-order chi connectivity index (χ1) is 10.1. The van der Waals surface area contributed by atoms with Crippen LogP contribution in [0.1, 0.15) is 25.5 Å². The van der Waals surface area contributed by atoms with Gasteiger partial charge in [-0.15, -0.1) is 11.3 Å². The Morgan fingerprint density at radius 2 is 2.14 bits per heavy atom. The van der Waals surface area contributed by atoms with E-state index in [4.69, 9.17) is 11.6 Å². The fourth-order valence-electron chi connectivity index (χ4n) is 1.96. The highest BCUT2D eigenvalue weighted by atomic mass is 35.5. The number of amides is 1. The highest BCUT2D eigenvalue weighted by molar-refractivity contribution is 7.13. The molecule has 5 heteroatoms. The summed E-state index contributed by atoms with van der Waals surface area (Å²) in [4.78, 5) is 18.4. The van der Waals surface area contributed by atoms with Crippen LogP contribution in [-0.4, -0.2) is 29.4 Å². The van der Waals surface area contributed by atoms with E-state index in [1.807, 2.05) is 36.7 Å². The zero-order valence-electron chi connectivity index (χ0n) is 12.3. The maximum absolute atomic E-state index is 12.1. The van der Waals surface area contributed by atoms with E-state index in [-0.39, 0.29) is 5.91 Å². The molecule has 3 nitrogen and oxygen atoms in total. The van der Waals surface area contributed by atoms with Crippen molar-refractivity contribution in [2.45, 2.75) is 26.2 Å². The molecule has 1 amide bonds. The molecule has 0 atom stereocenters. The first kappa shape index (κ1) is 16.0. The lowest BCUT2D eigenvalue weighted by Gasteiger charge is -2.15. The van der Waals surface area contributed by atoms with Crippen molar-refractivity contribution in [2.75, 3.05) is 13.6 Å². The van der Waals surface area contributed by atoms with Crippen molar-refractivity contribution in [3.63, 3.8) is 0 Å². The maximum atomic E-state index is 12.1. The predicted octanol–water partition coefficient (Wildman–Crippen LogP) is 4.26. The Hall–Kier alpha value is -1.39. The molecule has 0 aliphatic carbocycles. The zero-order chi connectivity index (χ0) is 15.2. The molecule has 0 aliphatic rings. The molecular formula is C16H19ClN2OS. The normalized spacial score (nSPS) is 10.6. The monoisotopic (exact) mass is 322 g/mol. The Kier molecular flexibility index (Phi) is 5.76. The van der Waals surface area contributed by atoms with Gasteiger partial charge in [-0.3, -0.25) is 4.79 Å². The van der Waals surface area contributed by atoms with Gasteiger partial charge in [-0.05, 0) is 12.5 Å². The fraction of sp³-hybridized carbons (Fsp3) is 0.375. The Morgan fingerprint density at radius 1 is 1.38 bits per heavy atom. The molecule has 0 radical (unpaired) electrons. The number of benzene rings is 1. The molecule has 2 aromatic rings. The predicted molar refractivity (Wildman–Crippen MR) is 88.8 cm³/mol. The summed E-state index contributed by atoms with van der Waals surface area (Å²) in [5.41, 5.74) is 1.73. The second kappa shape index (κ2) is 7.57. The lowest BCUT2D eigenvalue weighted by Crippen LogP contribution is -2.29. The second-order valence-electron chi connectivity index (χ2n) is 4.97. The molecule has 0 N–H and O–H groups in total. The van der Waals surface area contributed by atoms with Crippen LogP contribution in [0.3, 0.4) is 0 Å². The molecule has 0 unspecified atom stereocenters. The number of nitrogens with zero attached hydrogens (tertiary/aromatic N) is 2. The molecular weight excluding hydrogens is 304 g/mol. The lowest BCUT2D eigenvalue weighted by molar-refractivity contribution is -0.129. The van der Waals surface area contributed by atoms with Gasteiger partial charge in [-0.1, -0.05) is 43.1 Å². The third-order valence-corrected chi connectivity index (χ3v) is 4.52. The van der Waals surface area contributed by atoms with Crippen LogP contribution in [0.15, 0.2) is 29.6 Å². The van der Waals surface area contributed by atoms with Gasteiger partial charge in [0.25, 0.3) is 0 Å². The summed E-state index contributed by atoms with van der Waals surface area (Å²) in [6.07, 6.45) is 2.47. The van der Waals surface area contributed by atoms with Crippen LogP contribution in [0.5, 0.6) is 0 Å². The summed E-state index contributed by atoms with van der Waals surface area (Å²) in [6, 6.07) is 7.63. The average Bonchev–Trinajstić information content (AvgIpc) is 2.93. The summed E-state index contributed by atoms with van der Waals surface area (Å²) < 4.78 is 0. The van der Waals surface area contributed by atoms with Gasteiger partial charge in [0.1, 0.15) is 5.01 Å². The molecule has 1 aromatic heterocycles. The summed E-state index contributed by atoms with van der Waals surface area (Å²) in [5.74, 6) is 0.111. The van der Waals surface area contributed by atoms with E-state index in [0.717, 1.165) is 35.7 Å². The minimum Gasteiger partial charge on any atom is -0.345 e. The van der Waals surface area contributed by atoms with Crippen molar-refractivity contribution < 1.29 is 4.79 Å². The summed E-state index contributed by atoms with van der Waals surface area (Å²) in [5, 5.41) is 3.48. The topological polar surface area (TPSA) is 33.2 Å². The molecule has 2 rings (SSSR count). The number of rotatable bonds is 6. The number of hydrogen-bond acceptors (Lipinski definition) is 3. The highest BCUT2D eigenvalue weighted by Crippen LogP contribution is 2.30. The molecule has 112 valence electrons. The van der Waals surface area contributed by atoms with Crippen molar-refractivity contribution in [3.05, 3.63) is 40.4 Å². The van der Waals surface area contributed by atoms with Crippen molar-refractivity contribution >= 4 is 28.8 Å². The average molecular weight is 323 g/mol. The summed E-state index contributed by atoms with van der Waals surface area (Å²) in [7, 11) is 1.85.